The van der Waals surface area contributed by atoms with E-state index < -0.39 is 0 Å². The molecule has 0 fully saturated rings. The van der Waals surface area contributed by atoms with Crippen molar-refractivity contribution in [3.8, 4) is 0 Å². The Balaban J connectivity index is 2.10. The van der Waals surface area contributed by atoms with Gasteiger partial charge in [0.2, 0.25) is 0 Å². The Labute approximate surface area is 82.1 Å². The predicted molar refractivity (Wildman–Crippen MR) is 53.8 cm³/mol. The van der Waals surface area contributed by atoms with E-state index in [0.717, 1.165) is 11.4 Å². The summed E-state index contributed by atoms with van der Waals surface area (Å²) in [7, 11) is 1.93. The van der Waals surface area contributed by atoms with Gasteiger partial charge in [0, 0.05) is 19.4 Å². The van der Waals surface area contributed by atoms with E-state index >= 15 is 0 Å². The second-order valence-corrected chi connectivity index (χ2v) is 3.23. The molecule has 5 nitrogen and oxygen atoms in total. The molecular formula is C9H13N5. The number of aryl methyl sites for hydroxylation is 1. The van der Waals surface area contributed by atoms with Crippen LogP contribution in [0.4, 0.5) is 5.69 Å². The molecule has 0 aliphatic heterocycles. The van der Waals surface area contributed by atoms with Crippen molar-refractivity contribution >= 4 is 5.69 Å². The van der Waals surface area contributed by atoms with Crippen LogP contribution >= 0.6 is 0 Å². The van der Waals surface area contributed by atoms with Crippen molar-refractivity contribution in [3.05, 3.63) is 30.4 Å². The van der Waals surface area contributed by atoms with Crippen molar-refractivity contribution in [1.29, 1.82) is 0 Å². The second-order valence-electron chi connectivity index (χ2n) is 3.23. The summed E-state index contributed by atoms with van der Waals surface area (Å²) in [5.41, 5.74) is 2.13. The molecule has 2 aromatic heterocycles. The van der Waals surface area contributed by atoms with Crippen LogP contribution in [0.25, 0.3) is 0 Å². The van der Waals surface area contributed by atoms with Gasteiger partial charge in [-0.2, -0.15) is 10.2 Å². The third-order valence-corrected chi connectivity index (χ3v) is 2.18. The highest BCUT2D eigenvalue weighted by Crippen LogP contribution is 2.16. The quantitative estimate of drug-likeness (QED) is 0.769. The van der Waals surface area contributed by atoms with Crippen LogP contribution in [0.3, 0.4) is 0 Å². The lowest BCUT2D eigenvalue weighted by Gasteiger charge is -2.13. The van der Waals surface area contributed by atoms with E-state index in [1.165, 1.54) is 0 Å². The first kappa shape index (κ1) is 8.80. The molecule has 5 heteroatoms. The van der Waals surface area contributed by atoms with Crippen molar-refractivity contribution in [2.45, 2.75) is 13.0 Å². The normalized spacial score (nSPS) is 12.7. The largest absolute Gasteiger partial charge is 0.374 e. The summed E-state index contributed by atoms with van der Waals surface area (Å²) in [5.74, 6) is 0. The standard InChI is InChI=1S/C9H13N5/c1-7(9-3-4-12-14(9)2)13-8-5-10-11-6-8/h3-7,13H,1-2H3,(H,10,11). The lowest BCUT2D eigenvalue weighted by Crippen LogP contribution is -2.10. The molecule has 74 valence electrons. The summed E-state index contributed by atoms with van der Waals surface area (Å²) in [6, 6.07) is 2.22. The number of anilines is 1. The molecule has 2 aromatic rings. The number of hydrogen-bond acceptors (Lipinski definition) is 3. The molecule has 0 radical (unpaired) electrons. The minimum Gasteiger partial charge on any atom is -0.374 e. The molecule has 0 bridgehead atoms. The van der Waals surface area contributed by atoms with Gasteiger partial charge >= 0.3 is 0 Å². The van der Waals surface area contributed by atoms with Crippen molar-refractivity contribution in [3.63, 3.8) is 0 Å². The van der Waals surface area contributed by atoms with Gasteiger partial charge in [-0.25, -0.2) is 0 Å². The second kappa shape index (κ2) is 3.53. The predicted octanol–water partition coefficient (Wildman–Crippen LogP) is 1.32. The molecule has 0 saturated heterocycles. The van der Waals surface area contributed by atoms with Gasteiger partial charge < -0.3 is 5.32 Å². The third kappa shape index (κ3) is 1.61. The summed E-state index contributed by atoms with van der Waals surface area (Å²) >= 11 is 0. The number of aromatic amines is 1. The van der Waals surface area contributed by atoms with Gasteiger partial charge in [-0.3, -0.25) is 9.78 Å². The first-order valence-corrected chi connectivity index (χ1v) is 4.50. The fourth-order valence-electron chi connectivity index (χ4n) is 1.46. The Bertz CT molecular complexity index is 389. The maximum atomic E-state index is 4.12. The van der Waals surface area contributed by atoms with Crippen LogP contribution in [0.5, 0.6) is 0 Å². The molecule has 0 aliphatic rings. The van der Waals surface area contributed by atoms with Crippen molar-refractivity contribution in [2.75, 3.05) is 5.32 Å². The SMILES string of the molecule is CC(Nc1cn[nH]c1)c1ccnn1C. The Kier molecular flexibility index (Phi) is 2.22. The number of H-pyrrole nitrogens is 1. The Hall–Kier alpha value is -1.78. The summed E-state index contributed by atoms with van der Waals surface area (Å²) in [4.78, 5) is 0. The minimum atomic E-state index is 0.222. The van der Waals surface area contributed by atoms with Gasteiger partial charge in [-0.05, 0) is 13.0 Å². The van der Waals surface area contributed by atoms with Crippen LogP contribution in [0.15, 0.2) is 24.7 Å². The molecule has 2 rings (SSSR count). The summed E-state index contributed by atoms with van der Waals surface area (Å²) in [5, 5.41) is 14.1. The Morgan fingerprint density at radius 3 is 3.00 bits per heavy atom. The number of nitrogens with one attached hydrogen (secondary N) is 2. The van der Waals surface area contributed by atoms with Crippen LogP contribution in [-0.2, 0) is 7.05 Å². The van der Waals surface area contributed by atoms with Crippen LogP contribution in [0.2, 0.25) is 0 Å². The molecule has 2 N–H and O–H groups in total. The van der Waals surface area contributed by atoms with Gasteiger partial charge in [-0.1, -0.05) is 0 Å². The average Bonchev–Trinajstić information content (AvgIpc) is 2.75. The molecule has 0 aliphatic carbocycles. The zero-order valence-electron chi connectivity index (χ0n) is 8.23. The molecule has 14 heavy (non-hydrogen) atoms. The molecular weight excluding hydrogens is 178 g/mol. The molecule has 1 unspecified atom stereocenters. The van der Waals surface area contributed by atoms with Gasteiger partial charge in [0.15, 0.2) is 0 Å². The number of nitrogens with zero attached hydrogens (tertiary/aromatic N) is 3. The van der Waals surface area contributed by atoms with E-state index in [4.69, 9.17) is 0 Å². The van der Waals surface area contributed by atoms with E-state index in [9.17, 15) is 0 Å². The maximum absolute atomic E-state index is 4.12. The van der Waals surface area contributed by atoms with Crippen molar-refractivity contribution < 1.29 is 0 Å². The minimum absolute atomic E-state index is 0.222. The zero-order chi connectivity index (χ0) is 9.97. The van der Waals surface area contributed by atoms with E-state index in [-0.39, 0.29) is 6.04 Å². The highest BCUT2D eigenvalue weighted by Gasteiger charge is 2.08. The number of hydrogen-bond donors (Lipinski definition) is 2. The molecule has 0 aromatic carbocycles. The summed E-state index contributed by atoms with van der Waals surface area (Å²) < 4.78 is 1.86. The molecule has 1 atom stereocenters. The average molecular weight is 191 g/mol. The van der Waals surface area contributed by atoms with E-state index in [2.05, 4.69) is 27.5 Å². The van der Waals surface area contributed by atoms with Gasteiger partial charge in [0.1, 0.15) is 0 Å². The summed E-state index contributed by atoms with van der Waals surface area (Å²) in [6.45, 7) is 2.09. The van der Waals surface area contributed by atoms with Gasteiger partial charge in [0.25, 0.3) is 0 Å². The first-order chi connectivity index (χ1) is 6.77. The molecule has 0 saturated carbocycles. The summed E-state index contributed by atoms with van der Waals surface area (Å²) in [6.07, 6.45) is 5.38. The molecule has 0 amide bonds. The number of rotatable bonds is 3. The van der Waals surface area contributed by atoms with Crippen LogP contribution in [0.1, 0.15) is 18.7 Å². The van der Waals surface area contributed by atoms with Gasteiger partial charge in [0.05, 0.1) is 23.6 Å². The first-order valence-electron chi connectivity index (χ1n) is 4.50. The van der Waals surface area contributed by atoms with Crippen LogP contribution in [-0.4, -0.2) is 20.0 Å². The van der Waals surface area contributed by atoms with E-state index in [0.29, 0.717) is 0 Å². The van der Waals surface area contributed by atoms with E-state index in [1.807, 2.05) is 24.0 Å². The third-order valence-electron chi connectivity index (χ3n) is 2.18. The Morgan fingerprint density at radius 1 is 1.57 bits per heavy atom. The topological polar surface area (TPSA) is 58.5 Å². The maximum Gasteiger partial charge on any atom is 0.0729 e. The highest BCUT2D eigenvalue weighted by molar-refractivity contribution is 5.39. The lowest BCUT2D eigenvalue weighted by atomic mass is 10.2. The monoisotopic (exact) mass is 191 g/mol. The lowest BCUT2D eigenvalue weighted by molar-refractivity contribution is 0.676. The van der Waals surface area contributed by atoms with Crippen molar-refractivity contribution in [1.82, 2.24) is 20.0 Å². The smallest absolute Gasteiger partial charge is 0.0729 e. The molecule has 0 spiro atoms. The molecule has 2 heterocycles. The fraction of sp³-hybridized carbons (Fsp3) is 0.333. The van der Waals surface area contributed by atoms with Crippen LogP contribution in [0, 0.1) is 0 Å². The van der Waals surface area contributed by atoms with Crippen LogP contribution < -0.4 is 5.32 Å². The van der Waals surface area contributed by atoms with Crippen molar-refractivity contribution in [2.24, 2.45) is 7.05 Å². The van der Waals surface area contributed by atoms with E-state index in [1.54, 1.807) is 12.4 Å². The Morgan fingerprint density at radius 2 is 2.43 bits per heavy atom. The van der Waals surface area contributed by atoms with Gasteiger partial charge in [-0.15, -0.1) is 0 Å². The zero-order valence-corrected chi connectivity index (χ0v) is 8.23. The number of aromatic nitrogens is 4. The highest BCUT2D eigenvalue weighted by atomic mass is 15.3. The fourth-order valence-corrected chi connectivity index (χ4v) is 1.46.